The predicted molar refractivity (Wildman–Crippen MR) is 87.0 cm³/mol. The summed E-state index contributed by atoms with van der Waals surface area (Å²) in [7, 11) is 1.85. The van der Waals surface area contributed by atoms with Crippen LogP contribution < -0.4 is 5.32 Å². The molecule has 0 aliphatic carbocycles. The van der Waals surface area contributed by atoms with E-state index in [9.17, 15) is 9.59 Å². The zero-order valence-electron chi connectivity index (χ0n) is 13.5. The van der Waals surface area contributed by atoms with Crippen LogP contribution in [0.15, 0.2) is 0 Å². The standard InChI is InChI=1S/C15H27N3O3.ClH/c1-12(10-16-2)14(19)18-5-3-4-13(11-18)15(20)17-6-8-21-9-7-17;/h12-13,16H,3-11H2,1-2H3;1H. The largest absolute Gasteiger partial charge is 0.378 e. The number of carbonyl (C=O) groups is 2. The fraction of sp³-hybridized carbons (Fsp3) is 0.867. The van der Waals surface area contributed by atoms with Crippen molar-refractivity contribution in [3.05, 3.63) is 0 Å². The van der Waals surface area contributed by atoms with E-state index >= 15 is 0 Å². The first kappa shape index (κ1) is 19.2. The average Bonchev–Trinajstić information content (AvgIpc) is 2.54. The van der Waals surface area contributed by atoms with Crippen molar-refractivity contribution in [1.29, 1.82) is 0 Å². The lowest BCUT2D eigenvalue weighted by Crippen LogP contribution is -2.50. The molecule has 1 N–H and O–H groups in total. The second-order valence-electron chi connectivity index (χ2n) is 6.02. The van der Waals surface area contributed by atoms with E-state index in [2.05, 4.69) is 5.32 Å². The van der Waals surface area contributed by atoms with Gasteiger partial charge in [-0.2, -0.15) is 0 Å². The normalized spacial score (nSPS) is 23.6. The summed E-state index contributed by atoms with van der Waals surface area (Å²) in [4.78, 5) is 28.7. The molecule has 2 unspecified atom stereocenters. The van der Waals surface area contributed by atoms with Gasteiger partial charge in [0.2, 0.25) is 11.8 Å². The molecule has 2 rings (SSSR count). The van der Waals surface area contributed by atoms with E-state index in [1.54, 1.807) is 0 Å². The van der Waals surface area contributed by atoms with Crippen molar-refractivity contribution in [2.24, 2.45) is 11.8 Å². The van der Waals surface area contributed by atoms with Crippen molar-refractivity contribution in [2.75, 3.05) is 53.0 Å². The summed E-state index contributed by atoms with van der Waals surface area (Å²) in [5, 5.41) is 3.04. The molecule has 2 amide bonds. The predicted octanol–water partition coefficient (Wildman–Crippen LogP) is 0.361. The Morgan fingerprint density at radius 2 is 1.91 bits per heavy atom. The SMILES string of the molecule is CNCC(C)C(=O)N1CCCC(C(=O)N2CCOCC2)C1.Cl. The van der Waals surface area contributed by atoms with Gasteiger partial charge in [0.15, 0.2) is 0 Å². The molecule has 2 aliphatic heterocycles. The van der Waals surface area contributed by atoms with E-state index in [1.165, 1.54) is 0 Å². The Labute approximate surface area is 138 Å². The van der Waals surface area contributed by atoms with Crippen LogP contribution in [0.3, 0.4) is 0 Å². The first-order valence-electron chi connectivity index (χ1n) is 7.93. The van der Waals surface area contributed by atoms with Crippen LogP contribution in [0.25, 0.3) is 0 Å². The van der Waals surface area contributed by atoms with Crippen LogP contribution >= 0.6 is 12.4 Å². The summed E-state index contributed by atoms with van der Waals surface area (Å²) in [6.45, 7) is 6.58. The van der Waals surface area contributed by atoms with E-state index in [4.69, 9.17) is 4.74 Å². The Hall–Kier alpha value is -0.850. The summed E-state index contributed by atoms with van der Waals surface area (Å²) in [5.74, 6) is 0.274. The van der Waals surface area contributed by atoms with Gasteiger partial charge >= 0.3 is 0 Å². The Morgan fingerprint density at radius 1 is 1.23 bits per heavy atom. The van der Waals surface area contributed by atoms with Gasteiger partial charge in [-0.05, 0) is 19.9 Å². The number of nitrogens with one attached hydrogen (secondary N) is 1. The zero-order valence-corrected chi connectivity index (χ0v) is 14.4. The van der Waals surface area contributed by atoms with Crippen LogP contribution in [0.1, 0.15) is 19.8 Å². The molecule has 0 aromatic rings. The maximum Gasteiger partial charge on any atom is 0.227 e. The molecule has 2 aliphatic rings. The smallest absolute Gasteiger partial charge is 0.227 e. The highest BCUT2D eigenvalue weighted by Gasteiger charge is 2.32. The molecule has 0 saturated carbocycles. The van der Waals surface area contributed by atoms with Gasteiger partial charge in [0.25, 0.3) is 0 Å². The average molecular weight is 334 g/mol. The van der Waals surface area contributed by atoms with Crippen LogP contribution in [-0.4, -0.2) is 74.6 Å². The molecular weight excluding hydrogens is 306 g/mol. The highest BCUT2D eigenvalue weighted by Crippen LogP contribution is 2.21. The molecule has 0 radical (unpaired) electrons. The Kier molecular flexibility index (Phi) is 8.14. The molecule has 7 heteroatoms. The Balaban J connectivity index is 0.00000242. The minimum Gasteiger partial charge on any atom is -0.378 e. The number of morpholine rings is 1. The number of halogens is 1. The number of rotatable bonds is 4. The summed E-state index contributed by atoms with van der Waals surface area (Å²) >= 11 is 0. The number of hydrogen-bond donors (Lipinski definition) is 1. The van der Waals surface area contributed by atoms with E-state index in [1.807, 2.05) is 23.8 Å². The molecule has 0 aromatic carbocycles. The number of carbonyl (C=O) groups excluding carboxylic acids is 2. The quantitative estimate of drug-likeness (QED) is 0.807. The van der Waals surface area contributed by atoms with Gasteiger partial charge in [-0.3, -0.25) is 9.59 Å². The minimum absolute atomic E-state index is 0. The number of hydrogen-bond acceptors (Lipinski definition) is 4. The van der Waals surface area contributed by atoms with E-state index < -0.39 is 0 Å². The van der Waals surface area contributed by atoms with Crippen LogP contribution in [0.4, 0.5) is 0 Å². The lowest BCUT2D eigenvalue weighted by atomic mass is 9.95. The molecule has 2 heterocycles. The summed E-state index contributed by atoms with van der Waals surface area (Å²) in [6, 6.07) is 0. The van der Waals surface area contributed by atoms with Gasteiger partial charge in [0, 0.05) is 38.6 Å². The Morgan fingerprint density at radius 3 is 2.55 bits per heavy atom. The van der Waals surface area contributed by atoms with E-state index in [0.29, 0.717) is 39.4 Å². The fourth-order valence-corrected chi connectivity index (χ4v) is 3.13. The van der Waals surface area contributed by atoms with E-state index in [0.717, 1.165) is 19.4 Å². The lowest BCUT2D eigenvalue weighted by Gasteiger charge is -2.37. The second-order valence-corrected chi connectivity index (χ2v) is 6.02. The topological polar surface area (TPSA) is 61.9 Å². The highest BCUT2D eigenvalue weighted by molar-refractivity contribution is 5.85. The molecule has 0 spiro atoms. The van der Waals surface area contributed by atoms with Gasteiger partial charge in [0.1, 0.15) is 0 Å². The number of likely N-dealkylation sites (tertiary alicyclic amines) is 1. The first-order chi connectivity index (χ1) is 10.1. The zero-order chi connectivity index (χ0) is 15.2. The molecule has 2 fully saturated rings. The van der Waals surface area contributed by atoms with Crippen LogP contribution in [-0.2, 0) is 14.3 Å². The van der Waals surface area contributed by atoms with Gasteiger partial charge in [0.05, 0.1) is 19.1 Å². The molecule has 2 atom stereocenters. The summed E-state index contributed by atoms with van der Waals surface area (Å²) in [5.41, 5.74) is 0. The molecular formula is C15H28ClN3O3. The molecule has 128 valence electrons. The van der Waals surface area contributed by atoms with Crippen molar-refractivity contribution in [3.63, 3.8) is 0 Å². The van der Waals surface area contributed by atoms with Crippen molar-refractivity contribution in [1.82, 2.24) is 15.1 Å². The molecule has 0 aromatic heterocycles. The van der Waals surface area contributed by atoms with Crippen molar-refractivity contribution >= 4 is 24.2 Å². The van der Waals surface area contributed by atoms with Crippen molar-refractivity contribution < 1.29 is 14.3 Å². The minimum atomic E-state index is -0.0393. The number of amides is 2. The van der Waals surface area contributed by atoms with Gasteiger partial charge in [-0.25, -0.2) is 0 Å². The van der Waals surface area contributed by atoms with Crippen LogP contribution in [0.2, 0.25) is 0 Å². The fourth-order valence-electron chi connectivity index (χ4n) is 3.13. The third-order valence-corrected chi connectivity index (χ3v) is 4.34. The molecule has 2 saturated heterocycles. The third-order valence-electron chi connectivity index (χ3n) is 4.34. The van der Waals surface area contributed by atoms with Gasteiger partial charge < -0.3 is 19.9 Å². The van der Waals surface area contributed by atoms with E-state index in [-0.39, 0.29) is 36.1 Å². The second kappa shape index (κ2) is 9.33. The monoisotopic (exact) mass is 333 g/mol. The maximum atomic E-state index is 12.5. The Bertz CT molecular complexity index is 375. The molecule has 6 nitrogen and oxygen atoms in total. The maximum absolute atomic E-state index is 12.5. The van der Waals surface area contributed by atoms with Gasteiger partial charge in [-0.1, -0.05) is 6.92 Å². The van der Waals surface area contributed by atoms with Crippen molar-refractivity contribution in [3.8, 4) is 0 Å². The molecule has 22 heavy (non-hydrogen) atoms. The van der Waals surface area contributed by atoms with Crippen LogP contribution in [0, 0.1) is 11.8 Å². The number of ether oxygens (including phenoxy) is 1. The first-order valence-corrected chi connectivity index (χ1v) is 7.93. The molecule has 0 bridgehead atoms. The highest BCUT2D eigenvalue weighted by atomic mass is 35.5. The summed E-state index contributed by atoms with van der Waals surface area (Å²) < 4.78 is 5.29. The third kappa shape index (κ3) is 4.83. The van der Waals surface area contributed by atoms with Crippen LogP contribution in [0.5, 0.6) is 0 Å². The number of nitrogens with zero attached hydrogens (tertiary/aromatic N) is 2. The lowest BCUT2D eigenvalue weighted by molar-refractivity contribution is -0.145. The van der Waals surface area contributed by atoms with Gasteiger partial charge in [-0.15, -0.1) is 12.4 Å². The van der Waals surface area contributed by atoms with Crippen molar-refractivity contribution in [2.45, 2.75) is 19.8 Å². The number of piperidine rings is 1. The summed E-state index contributed by atoms with van der Waals surface area (Å²) in [6.07, 6.45) is 1.80.